The van der Waals surface area contributed by atoms with Gasteiger partial charge in [0.25, 0.3) is 0 Å². The summed E-state index contributed by atoms with van der Waals surface area (Å²) in [6.07, 6.45) is 0. The number of carbonyl (C=O) groups excluding carboxylic acids is 2. The zero-order valence-electron chi connectivity index (χ0n) is 16.9. The number of urea groups is 1. The van der Waals surface area contributed by atoms with Gasteiger partial charge in [-0.2, -0.15) is 0 Å². The van der Waals surface area contributed by atoms with Crippen molar-refractivity contribution in [2.45, 2.75) is 13.0 Å². The molecular weight excluding hydrogens is 388 g/mol. The molecule has 2 aliphatic rings. The number of hydrogen-bond donors (Lipinski definition) is 1. The number of benzene rings is 2. The van der Waals surface area contributed by atoms with Gasteiger partial charge < -0.3 is 24.3 Å². The summed E-state index contributed by atoms with van der Waals surface area (Å²) in [6.45, 7) is 2.63. The highest BCUT2D eigenvalue weighted by molar-refractivity contribution is 6.03. The number of allylic oxidation sites excluding steroid dienone is 1. The van der Waals surface area contributed by atoms with Gasteiger partial charge in [-0.25, -0.2) is 9.59 Å². The van der Waals surface area contributed by atoms with E-state index in [0.29, 0.717) is 47.4 Å². The second kappa shape index (κ2) is 7.98. The largest absolute Gasteiger partial charge is 0.497 e. The van der Waals surface area contributed by atoms with Crippen LogP contribution in [-0.4, -0.2) is 39.4 Å². The van der Waals surface area contributed by atoms with E-state index in [9.17, 15) is 9.59 Å². The van der Waals surface area contributed by atoms with Gasteiger partial charge in [0.15, 0.2) is 11.5 Å². The van der Waals surface area contributed by atoms with Gasteiger partial charge in [-0.15, -0.1) is 0 Å². The summed E-state index contributed by atoms with van der Waals surface area (Å²) < 4.78 is 21.4. The molecule has 0 radical (unpaired) electrons. The summed E-state index contributed by atoms with van der Waals surface area (Å²) in [4.78, 5) is 27.2. The highest BCUT2D eigenvalue weighted by atomic mass is 16.6. The molecular formula is C22H22N2O6. The first-order valence-electron chi connectivity index (χ1n) is 9.46. The maximum Gasteiger partial charge on any atom is 0.337 e. The van der Waals surface area contributed by atoms with Gasteiger partial charge in [-0.3, -0.25) is 4.90 Å². The van der Waals surface area contributed by atoms with Crippen LogP contribution in [0.1, 0.15) is 18.5 Å². The van der Waals surface area contributed by atoms with Crippen molar-refractivity contribution in [2.75, 3.05) is 32.3 Å². The fourth-order valence-electron chi connectivity index (χ4n) is 3.65. The van der Waals surface area contributed by atoms with Crippen LogP contribution >= 0.6 is 0 Å². The highest BCUT2D eigenvalue weighted by Crippen LogP contribution is 2.38. The molecule has 1 N–H and O–H groups in total. The molecule has 156 valence electrons. The fourth-order valence-corrected chi connectivity index (χ4v) is 3.65. The van der Waals surface area contributed by atoms with Crippen LogP contribution < -0.4 is 24.4 Å². The van der Waals surface area contributed by atoms with Crippen molar-refractivity contribution in [2.24, 2.45) is 0 Å². The number of amides is 2. The second-order valence-electron chi connectivity index (χ2n) is 6.81. The van der Waals surface area contributed by atoms with Crippen LogP contribution in [0.25, 0.3) is 0 Å². The van der Waals surface area contributed by atoms with Gasteiger partial charge in [0.2, 0.25) is 0 Å². The number of hydrogen-bond acceptors (Lipinski definition) is 6. The predicted octanol–water partition coefficient (Wildman–Crippen LogP) is 3.18. The summed E-state index contributed by atoms with van der Waals surface area (Å²) in [6, 6.07) is 11.4. The van der Waals surface area contributed by atoms with E-state index in [1.807, 2.05) is 0 Å². The molecule has 0 saturated carbocycles. The van der Waals surface area contributed by atoms with Gasteiger partial charge in [0.1, 0.15) is 19.0 Å². The van der Waals surface area contributed by atoms with Crippen LogP contribution in [0, 0.1) is 0 Å². The van der Waals surface area contributed by atoms with Crippen molar-refractivity contribution in [1.82, 2.24) is 5.32 Å². The smallest absolute Gasteiger partial charge is 0.337 e. The normalized spacial score (nSPS) is 18.0. The van der Waals surface area contributed by atoms with E-state index in [0.717, 1.165) is 5.56 Å². The molecule has 0 spiro atoms. The quantitative estimate of drug-likeness (QED) is 0.779. The molecule has 0 bridgehead atoms. The van der Waals surface area contributed by atoms with E-state index in [1.165, 1.54) is 12.0 Å². The Balaban J connectivity index is 1.78. The molecule has 1 unspecified atom stereocenters. The van der Waals surface area contributed by atoms with E-state index >= 15 is 0 Å². The molecule has 0 aliphatic carbocycles. The van der Waals surface area contributed by atoms with E-state index in [-0.39, 0.29) is 6.03 Å². The van der Waals surface area contributed by atoms with Crippen molar-refractivity contribution in [3.05, 3.63) is 59.3 Å². The third kappa shape index (κ3) is 3.41. The second-order valence-corrected chi connectivity index (χ2v) is 6.81. The minimum Gasteiger partial charge on any atom is -0.497 e. The lowest BCUT2D eigenvalue weighted by molar-refractivity contribution is -0.136. The number of carbonyl (C=O) groups is 2. The molecule has 2 heterocycles. The Hall–Kier alpha value is -3.68. The Kier molecular flexibility index (Phi) is 5.22. The molecule has 0 fully saturated rings. The lowest BCUT2D eigenvalue weighted by atomic mass is 9.94. The summed E-state index contributed by atoms with van der Waals surface area (Å²) in [5.74, 6) is 1.33. The molecule has 8 nitrogen and oxygen atoms in total. The topological polar surface area (TPSA) is 86.3 Å². The van der Waals surface area contributed by atoms with Gasteiger partial charge in [0.05, 0.1) is 31.5 Å². The monoisotopic (exact) mass is 410 g/mol. The van der Waals surface area contributed by atoms with Crippen LogP contribution in [-0.2, 0) is 9.53 Å². The number of ether oxygens (including phenoxy) is 4. The first-order valence-corrected chi connectivity index (χ1v) is 9.46. The molecule has 2 aromatic carbocycles. The summed E-state index contributed by atoms with van der Waals surface area (Å²) in [5, 5.41) is 2.91. The van der Waals surface area contributed by atoms with Crippen molar-refractivity contribution < 1.29 is 28.5 Å². The molecule has 2 aliphatic heterocycles. The molecule has 1 atom stereocenters. The standard InChI is InChI=1S/C22H22N2O6/c1-13-19(21(25)28-3)20(14-4-7-16(27-2)8-5-14)23-22(26)24(13)15-6-9-17-18(12-15)30-11-10-29-17/h4-9,12,20H,10-11H2,1-3H3,(H,23,26). The van der Waals surface area contributed by atoms with E-state index < -0.39 is 12.0 Å². The fraction of sp³-hybridized carbons (Fsp3) is 0.273. The molecule has 8 heteroatoms. The third-order valence-electron chi connectivity index (χ3n) is 5.12. The zero-order valence-corrected chi connectivity index (χ0v) is 16.9. The summed E-state index contributed by atoms with van der Waals surface area (Å²) in [5.41, 5.74) is 2.12. The third-order valence-corrected chi connectivity index (χ3v) is 5.12. The van der Waals surface area contributed by atoms with E-state index in [1.54, 1.807) is 56.5 Å². The number of fused-ring (bicyclic) bond motifs is 1. The van der Waals surface area contributed by atoms with Crippen molar-refractivity contribution in [3.8, 4) is 17.2 Å². The van der Waals surface area contributed by atoms with Crippen LogP contribution in [0.2, 0.25) is 0 Å². The Bertz CT molecular complexity index is 1010. The average Bonchev–Trinajstić information content (AvgIpc) is 2.78. The number of anilines is 1. The number of rotatable bonds is 4. The van der Waals surface area contributed by atoms with Gasteiger partial charge in [-0.1, -0.05) is 12.1 Å². The Labute approximate surface area is 174 Å². The first-order chi connectivity index (χ1) is 14.5. The lowest BCUT2D eigenvalue weighted by Crippen LogP contribution is -2.48. The van der Waals surface area contributed by atoms with Crippen LogP contribution in [0.3, 0.4) is 0 Å². The van der Waals surface area contributed by atoms with Crippen LogP contribution in [0.4, 0.5) is 10.5 Å². The summed E-state index contributed by atoms with van der Waals surface area (Å²) >= 11 is 0. The Morgan fingerprint density at radius 1 is 1.07 bits per heavy atom. The van der Waals surface area contributed by atoms with Crippen molar-refractivity contribution in [1.29, 1.82) is 0 Å². The maximum absolute atomic E-state index is 13.1. The summed E-state index contributed by atoms with van der Waals surface area (Å²) in [7, 11) is 2.89. The number of nitrogens with zero attached hydrogens (tertiary/aromatic N) is 1. The average molecular weight is 410 g/mol. The van der Waals surface area contributed by atoms with Crippen LogP contribution in [0.5, 0.6) is 17.2 Å². The maximum atomic E-state index is 13.1. The molecule has 30 heavy (non-hydrogen) atoms. The molecule has 2 aromatic rings. The minimum absolute atomic E-state index is 0.345. The van der Waals surface area contributed by atoms with Gasteiger partial charge in [0, 0.05) is 11.8 Å². The molecule has 0 aromatic heterocycles. The Morgan fingerprint density at radius 3 is 2.43 bits per heavy atom. The number of nitrogens with one attached hydrogen (secondary N) is 1. The lowest BCUT2D eigenvalue weighted by Gasteiger charge is -2.35. The number of esters is 1. The highest BCUT2D eigenvalue weighted by Gasteiger charge is 2.37. The molecule has 2 amide bonds. The molecule has 0 saturated heterocycles. The Morgan fingerprint density at radius 2 is 1.77 bits per heavy atom. The predicted molar refractivity (Wildman–Crippen MR) is 109 cm³/mol. The van der Waals surface area contributed by atoms with E-state index in [2.05, 4.69) is 5.32 Å². The van der Waals surface area contributed by atoms with Crippen molar-refractivity contribution in [3.63, 3.8) is 0 Å². The minimum atomic E-state index is -0.649. The zero-order chi connectivity index (χ0) is 21.3. The SMILES string of the molecule is COC(=O)C1=C(C)N(c2ccc3c(c2)OCCO3)C(=O)NC1c1ccc(OC)cc1. The molecule has 4 rings (SSSR count). The van der Waals surface area contributed by atoms with E-state index in [4.69, 9.17) is 18.9 Å². The van der Waals surface area contributed by atoms with Gasteiger partial charge in [-0.05, 0) is 36.8 Å². The van der Waals surface area contributed by atoms with Gasteiger partial charge >= 0.3 is 12.0 Å². The number of methoxy groups -OCH3 is 2. The van der Waals surface area contributed by atoms with Crippen LogP contribution in [0.15, 0.2) is 53.7 Å². The first kappa shape index (κ1) is 19.6. The van der Waals surface area contributed by atoms with Crippen molar-refractivity contribution >= 4 is 17.7 Å².